The molecule has 1 N–H and O–H groups in total. The summed E-state index contributed by atoms with van der Waals surface area (Å²) in [6.07, 6.45) is 0.743. The summed E-state index contributed by atoms with van der Waals surface area (Å²) >= 11 is 0. The number of carbonyl (C=O) groups is 2. The number of carbonyl (C=O) groups excluding carboxylic acids is 2. The minimum atomic E-state index is -0.177. The fraction of sp³-hybridized carbons (Fsp3) is 0.364. The number of ketones is 1. The first-order chi connectivity index (χ1) is 13.5. The third-order valence-electron chi connectivity index (χ3n) is 4.73. The van der Waals surface area contributed by atoms with Crippen molar-refractivity contribution in [2.75, 3.05) is 7.11 Å². The van der Waals surface area contributed by atoms with Gasteiger partial charge in [-0.25, -0.2) is 0 Å². The third kappa shape index (κ3) is 4.70. The predicted molar refractivity (Wildman–Crippen MR) is 107 cm³/mol. The summed E-state index contributed by atoms with van der Waals surface area (Å²) in [5.74, 6) is 0.659. The van der Waals surface area contributed by atoms with E-state index in [1.165, 1.54) is 6.92 Å². The van der Waals surface area contributed by atoms with Gasteiger partial charge in [-0.05, 0) is 23.1 Å². The SMILES string of the molecule is COCc1nc(CC(=O)C[C@H](C)c2ccccc2)cc2c1C(NC(C)=O)=NC2. The summed E-state index contributed by atoms with van der Waals surface area (Å²) in [6, 6.07) is 12.0. The Labute approximate surface area is 165 Å². The lowest BCUT2D eigenvalue weighted by atomic mass is 9.94. The summed E-state index contributed by atoms with van der Waals surface area (Å²) in [5, 5.41) is 2.75. The molecule has 1 aromatic carbocycles. The van der Waals surface area contributed by atoms with Crippen LogP contribution >= 0.6 is 0 Å². The van der Waals surface area contributed by atoms with Crippen LogP contribution in [0.2, 0.25) is 0 Å². The average Bonchev–Trinajstić information content (AvgIpc) is 3.04. The zero-order chi connectivity index (χ0) is 20.1. The van der Waals surface area contributed by atoms with Crippen molar-refractivity contribution in [3.8, 4) is 0 Å². The highest BCUT2D eigenvalue weighted by atomic mass is 16.5. The van der Waals surface area contributed by atoms with Crippen LogP contribution in [-0.2, 0) is 33.9 Å². The molecule has 0 unspecified atom stereocenters. The van der Waals surface area contributed by atoms with Crippen molar-refractivity contribution < 1.29 is 14.3 Å². The van der Waals surface area contributed by atoms with Crippen LogP contribution in [0.1, 0.15) is 54.3 Å². The van der Waals surface area contributed by atoms with Crippen molar-refractivity contribution in [2.45, 2.75) is 45.8 Å². The number of aliphatic imine (C=N–C) groups is 1. The first-order valence-corrected chi connectivity index (χ1v) is 9.37. The number of rotatable bonds is 7. The van der Waals surface area contributed by atoms with E-state index in [0.29, 0.717) is 31.1 Å². The Morgan fingerprint density at radius 1 is 1.25 bits per heavy atom. The van der Waals surface area contributed by atoms with Crippen LogP contribution in [0.25, 0.3) is 0 Å². The lowest BCUT2D eigenvalue weighted by Crippen LogP contribution is -2.29. The Morgan fingerprint density at radius 3 is 2.68 bits per heavy atom. The third-order valence-corrected chi connectivity index (χ3v) is 4.73. The molecule has 1 aliphatic rings. The molecule has 3 rings (SSSR count). The second-order valence-electron chi connectivity index (χ2n) is 7.10. The summed E-state index contributed by atoms with van der Waals surface area (Å²) in [5.41, 5.74) is 4.35. The second kappa shape index (κ2) is 8.89. The largest absolute Gasteiger partial charge is 0.378 e. The lowest BCUT2D eigenvalue weighted by Gasteiger charge is -2.13. The van der Waals surface area contributed by atoms with Crippen molar-refractivity contribution in [2.24, 2.45) is 4.99 Å². The van der Waals surface area contributed by atoms with Gasteiger partial charge in [0.2, 0.25) is 5.91 Å². The Balaban J connectivity index is 1.75. The van der Waals surface area contributed by atoms with E-state index >= 15 is 0 Å². The highest BCUT2D eigenvalue weighted by Gasteiger charge is 2.23. The number of aromatic nitrogens is 1. The number of nitrogens with zero attached hydrogens (tertiary/aromatic N) is 2. The molecule has 2 aromatic rings. The molecule has 1 atom stereocenters. The van der Waals surface area contributed by atoms with Crippen molar-refractivity contribution in [1.82, 2.24) is 10.3 Å². The molecule has 0 fully saturated rings. The van der Waals surface area contributed by atoms with E-state index < -0.39 is 0 Å². The molecule has 2 heterocycles. The number of hydrogen-bond acceptors (Lipinski definition) is 5. The van der Waals surface area contributed by atoms with Gasteiger partial charge in [0.05, 0.1) is 18.8 Å². The zero-order valence-corrected chi connectivity index (χ0v) is 16.5. The fourth-order valence-electron chi connectivity index (χ4n) is 3.49. The van der Waals surface area contributed by atoms with Crippen LogP contribution in [0.15, 0.2) is 41.4 Å². The van der Waals surface area contributed by atoms with Gasteiger partial charge in [0.1, 0.15) is 11.6 Å². The zero-order valence-electron chi connectivity index (χ0n) is 16.5. The number of pyridine rings is 1. The standard InChI is InChI=1S/C22H25N3O3/c1-14(16-7-5-4-6-8-16)9-19(27)11-18-10-17-12-23-22(24-15(2)26)21(17)20(25-18)13-28-3/h4-8,10,14H,9,11-13H2,1-3H3,(H,23,24,26)/t14-/m0/s1. The van der Waals surface area contributed by atoms with Crippen LogP contribution in [-0.4, -0.2) is 29.6 Å². The summed E-state index contributed by atoms with van der Waals surface area (Å²) in [4.78, 5) is 33.1. The molecular weight excluding hydrogens is 354 g/mol. The van der Waals surface area contributed by atoms with Crippen LogP contribution in [0.4, 0.5) is 0 Å². The second-order valence-corrected chi connectivity index (χ2v) is 7.10. The van der Waals surface area contributed by atoms with E-state index in [1.54, 1.807) is 7.11 Å². The lowest BCUT2D eigenvalue weighted by molar-refractivity contribution is -0.119. The number of nitrogens with one attached hydrogen (secondary N) is 1. The van der Waals surface area contributed by atoms with Gasteiger partial charge in [-0.15, -0.1) is 0 Å². The normalized spacial score (nSPS) is 13.6. The molecule has 0 radical (unpaired) electrons. The molecule has 1 amide bonds. The Kier molecular flexibility index (Phi) is 6.31. The molecular formula is C22H25N3O3. The highest BCUT2D eigenvalue weighted by Crippen LogP contribution is 2.24. The minimum Gasteiger partial charge on any atom is -0.378 e. The van der Waals surface area contributed by atoms with E-state index in [0.717, 1.165) is 22.4 Å². The first-order valence-electron chi connectivity index (χ1n) is 9.37. The predicted octanol–water partition coefficient (Wildman–Crippen LogP) is 2.93. The molecule has 1 aliphatic heterocycles. The van der Waals surface area contributed by atoms with Gasteiger partial charge in [-0.1, -0.05) is 37.3 Å². The quantitative estimate of drug-likeness (QED) is 0.802. The number of amidine groups is 1. The number of methoxy groups -OCH3 is 1. The number of ether oxygens (including phenoxy) is 1. The molecule has 6 heteroatoms. The van der Waals surface area contributed by atoms with E-state index in [2.05, 4.69) is 22.2 Å². The summed E-state index contributed by atoms with van der Waals surface area (Å²) < 4.78 is 5.27. The van der Waals surface area contributed by atoms with Gasteiger partial charge in [-0.2, -0.15) is 0 Å². The summed E-state index contributed by atoms with van der Waals surface area (Å²) in [7, 11) is 1.59. The van der Waals surface area contributed by atoms with Crippen LogP contribution in [0, 0.1) is 0 Å². The Hall–Kier alpha value is -2.86. The first kappa shape index (κ1) is 19.9. The molecule has 0 aliphatic carbocycles. The van der Waals surface area contributed by atoms with Gasteiger partial charge in [0, 0.05) is 38.1 Å². The van der Waals surface area contributed by atoms with E-state index in [4.69, 9.17) is 4.74 Å². The van der Waals surface area contributed by atoms with Crippen LogP contribution in [0.3, 0.4) is 0 Å². The van der Waals surface area contributed by atoms with E-state index in [9.17, 15) is 9.59 Å². The molecule has 28 heavy (non-hydrogen) atoms. The molecule has 6 nitrogen and oxygen atoms in total. The summed E-state index contributed by atoms with van der Waals surface area (Å²) in [6.45, 7) is 4.27. The molecule has 0 spiro atoms. The average molecular weight is 379 g/mol. The van der Waals surface area contributed by atoms with Gasteiger partial charge < -0.3 is 10.1 Å². The maximum atomic E-state index is 12.6. The maximum Gasteiger partial charge on any atom is 0.222 e. The number of fused-ring (bicyclic) bond motifs is 1. The van der Waals surface area contributed by atoms with Crippen molar-refractivity contribution in [3.05, 3.63) is 64.5 Å². The van der Waals surface area contributed by atoms with Gasteiger partial charge in [0.25, 0.3) is 0 Å². The van der Waals surface area contributed by atoms with Gasteiger partial charge >= 0.3 is 0 Å². The van der Waals surface area contributed by atoms with Crippen LogP contribution in [0.5, 0.6) is 0 Å². The molecule has 0 saturated heterocycles. The van der Waals surface area contributed by atoms with Crippen molar-refractivity contribution in [1.29, 1.82) is 0 Å². The molecule has 1 aromatic heterocycles. The monoisotopic (exact) mass is 379 g/mol. The molecule has 0 saturated carbocycles. The fourth-order valence-corrected chi connectivity index (χ4v) is 3.49. The van der Waals surface area contributed by atoms with E-state index in [1.807, 2.05) is 36.4 Å². The molecule has 0 bridgehead atoms. The van der Waals surface area contributed by atoms with Crippen molar-refractivity contribution in [3.63, 3.8) is 0 Å². The van der Waals surface area contributed by atoms with Crippen LogP contribution < -0.4 is 5.32 Å². The number of amides is 1. The number of hydrogen-bond donors (Lipinski definition) is 1. The van der Waals surface area contributed by atoms with E-state index in [-0.39, 0.29) is 24.0 Å². The van der Waals surface area contributed by atoms with Gasteiger partial charge in [-0.3, -0.25) is 19.6 Å². The van der Waals surface area contributed by atoms with Crippen molar-refractivity contribution >= 4 is 17.5 Å². The smallest absolute Gasteiger partial charge is 0.222 e. The topological polar surface area (TPSA) is 80.6 Å². The van der Waals surface area contributed by atoms with Gasteiger partial charge in [0.15, 0.2) is 0 Å². The minimum absolute atomic E-state index is 0.146. The molecule has 146 valence electrons. The Morgan fingerprint density at radius 2 is 2.00 bits per heavy atom. The number of benzene rings is 1. The maximum absolute atomic E-state index is 12.6. The highest BCUT2D eigenvalue weighted by molar-refractivity contribution is 6.10. The number of Topliss-reactive ketones (excluding diaryl/α,β-unsaturated/α-hetero) is 1. The Bertz CT molecular complexity index is 907.